The zero-order valence-corrected chi connectivity index (χ0v) is 16.6. The van der Waals surface area contributed by atoms with E-state index in [0.29, 0.717) is 44.1 Å². The third-order valence-electron chi connectivity index (χ3n) is 4.61. The lowest BCUT2D eigenvalue weighted by Gasteiger charge is -2.26. The minimum absolute atomic E-state index is 0.00576. The fourth-order valence-electron chi connectivity index (χ4n) is 3.04. The number of rotatable bonds is 7. The largest absolute Gasteiger partial charge is 0.379 e. The van der Waals surface area contributed by atoms with Gasteiger partial charge in [0, 0.05) is 37.3 Å². The molecule has 2 aromatic heterocycles. The van der Waals surface area contributed by atoms with Gasteiger partial charge in [0.05, 0.1) is 30.0 Å². The summed E-state index contributed by atoms with van der Waals surface area (Å²) in [4.78, 5) is 25.2. The molecule has 0 unspecified atom stereocenters. The third-order valence-corrected chi connectivity index (χ3v) is 4.61. The lowest BCUT2D eigenvalue weighted by Crippen LogP contribution is -2.37. The number of benzene rings is 1. The highest BCUT2D eigenvalue weighted by Gasteiger charge is 2.26. The van der Waals surface area contributed by atoms with E-state index < -0.39 is 10.8 Å². The van der Waals surface area contributed by atoms with E-state index in [1.165, 1.54) is 29.1 Å². The number of carbonyl (C=O) groups excluding carboxylic acids is 1. The molecule has 1 amide bonds. The van der Waals surface area contributed by atoms with Crippen molar-refractivity contribution in [1.29, 1.82) is 0 Å². The Labute approximate surface area is 179 Å². The number of aromatic nitrogens is 5. The number of nitrogens with one attached hydrogen (secondary N) is 1. The first-order valence-corrected chi connectivity index (χ1v) is 9.44. The number of amides is 1. The number of non-ortho nitro benzene ring substituents is 1. The molecule has 166 valence electrons. The minimum atomic E-state index is -0.629. The van der Waals surface area contributed by atoms with Gasteiger partial charge in [-0.2, -0.15) is 9.78 Å². The first kappa shape index (κ1) is 21.0. The normalized spacial score (nSPS) is 14.6. The molecule has 0 aliphatic carbocycles. The molecule has 1 fully saturated rings. The van der Waals surface area contributed by atoms with E-state index in [1.807, 2.05) is 0 Å². The Bertz CT molecular complexity index is 1150. The van der Waals surface area contributed by atoms with Gasteiger partial charge in [-0.1, -0.05) is 17.3 Å². The maximum absolute atomic E-state index is 12.8. The van der Waals surface area contributed by atoms with Crippen LogP contribution in [-0.4, -0.2) is 73.6 Å². The zero-order valence-electron chi connectivity index (χ0n) is 16.6. The van der Waals surface area contributed by atoms with Crippen molar-refractivity contribution in [3.8, 4) is 5.82 Å². The second kappa shape index (κ2) is 9.27. The Hall–Kier alpha value is -4.24. The molecule has 3 heterocycles. The number of nitro benzene ring substituents is 1. The molecule has 1 saturated heterocycles. The molecule has 15 heteroatoms. The van der Waals surface area contributed by atoms with E-state index in [2.05, 4.69) is 40.7 Å². The molecule has 15 nitrogen and oxygen atoms in total. The van der Waals surface area contributed by atoms with E-state index in [9.17, 15) is 14.9 Å². The molecule has 4 rings (SSSR count). The molecule has 0 spiro atoms. The van der Waals surface area contributed by atoms with Crippen molar-refractivity contribution < 1.29 is 19.1 Å². The van der Waals surface area contributed by atoms with Crippen molar-refractivity contribution >= 4 is 23.6 Å². The summed E-state index contributed by atoms with van der Waals surface area (Å²) in [5.41, 5.74) is 8.91. The van der Waals surface area contributed by atoms with Crippen LogP contribution in [0, 0.1) is 10.1 Å². The lowest BCUT2D eigenvalue weighted by atomic mass is 10.2. The number of ether oxygens (including phenoxy) is 1. The van der Waals surface area contributed by atoms with Crippen molar-refractivity contribution in [1.82, 2.24) is 35.6 Å². The number of anilines is 1. The van der Waals surface area contributed by atoms with E-state index in [-0.39, 0.29) is 23.0 Å². The number of nitrogens with zero attached hydrogens (tertiary/aromatic N) is 8. The molecule has 3 N–H and O–H groups in total. The quantitative estimate of drug-likeness (QED) is 0.278. The predicted octanol–water partition coefficient (Wildman–Crippen LogP) is -0.263. The summed E-state index contributed by atoms with van der Waals surface area (Å²) in [6.07, 6.45) is 1.29. The fourth-order valence-corrected chi connectivity index (χ4v) is 3.04. The van der Waals surface area contributed by atoms with Crippen LogP contribution in [0.1, 0.15) is 21.7 Å². The topological polar surface area (TPSA) is 193 Å². The summed E-state index contributed by atoms with van der Waals surface area (Å²) in [5.74, 6) is -0.523. The van der Waals surface area contributed by atoms with Crippen molar-refractivity contribution in [3.63, 3.8) is 0 Å². The number of morpholine rings is 1. The van der Waals surface area contributed by atoms with E-state index in [4.69, 9.17) is 10.5 Å². The first-order valence-electron chi connectivity index (χ1n) is 9.44. The van der Waals surface area contributed by atoms with Gasteiger partial charge < -0.3 is 10.5 Å². The molecule has 0 atom stereocenters. The van der Waals surface area contributed by atoms with Crippen LogP contribution in [0.2, 0.25) is 0 Å². The van der Waals surface area contributed by atoms with Crippen LogP contribution in [-0.2, 0) is 11.3 Å². The van der Waals surface area contributed by atoms with Crippen molar-refractivity contribution in [2.45, 2.75) is 6.54 Å². The summed E-state index contributed by atoms with van der Waals surface area (Å²) in [6.45, 7) is 2.75. The number of nitrogen functional groups attached to an aromatic ring is 1. The highest BCUT2D eigenvalue weighted by Crippen LogP contribution is 2.18. The van der Waals surface area contributed by atoms with Crippen molar-refractivity contribution in [2.24, 2.45) is 5.10 Å². The lowest BCUT2D eigenvalue weighted by molar-refractivity contribution is -0.384. The monoisotopic (exact) mass is 442 g/mol. The molecule has 0 bridgehead atoms. The molecule has 1 aliphatic rings. The second-order valence-electron chi connectivity index (χ2n) is 6.71. The van der Waals surface area contributed by atoms with Crippen LogP contribution in [0.25, 0.3) is 5.82 Å². The van der Waals surface area contributed by atoms with Crippen LogP contribution >= 0.6 is 0 Å². The highest BCUT2D eigenvalue weighted by molar-refractivity contribution is 5.94. The van der Waals surface area contributed by atoms with Gasteiger partial charge in [-0.25, -0.2) is 10.1 Å². The summed E-state index contributed by atoms with van der Waals surface area (Å²) in [5, 5.41) is 29.9. The van der Waals surface area contributed by atoms with Crippen LogP contribution in [0.5, 0.6) is 0 Å². The number of nitrogens with two attached hydrogens (primary N) is 1. The Morgan fingerprint density at radius 1 is 1.34 bits per heavy atom. The smallest absolute Gasteiger partial charge is 0.293 e. The van der Waals surface area contributed by atoms with Crippen molar-refractivity contribution in [3.05, 3.63) is 51.3 Å². The maximum Gasteiger partial charge on any atom is 0.293 e. The van der Waals surface area contributed by atoms with Crippen LogP contribution in [0.3, 0.4) is 0 Å². The summed E-state index contributed by atoms with van der Waals surface area (Å²) in [7, 11) is 0. The number of nitro groups is 1. The number of hydrazone groups is 1. The van der Waals surface area contributed by atoms with Gasteiger partial charge in [-0.05, 0) is 10.3 Å². The Morgan fingerprint density at radius 3 is 2.88 bits per heavy atom. The Balaban J connectivity index is 1.56. The molecule has 1 aliphatic heterocycles. The molecule has 0 saturated carbocycles. The fraction of sp³-hybridized carbons (Fsp3) is 0.294. The van der Waals surface area contributed by atoms with Gasteiger partial charge in [0.15, 0.2) is 5.69 Å². The van der Waals surface area contributed by atoms with E-state index in [0.717, 1.165) is 0 Å². The number of hydrogen-bond acceptors (Lipinski definition) is 12. The van der Waals surface area contributed by atoms with Crippen LogP contribution < -0.4 is 11.2 Å². The van der Waals surface area contributed by atoms with E-state index >= 15 is 0 Å². The molecule has 0 radical (unpaired) electrons. The SMILES string of the molecule is Nc1nonc1-n1nnc(C(=O)N/N=C\c2cccc([N+](=O)[O-])c2)c1CN1CCOCC1. The number of hydrogen-bond donors (Lipinski definition) is 2. The average Bonchev–Trinajstić information content (AvgIpc) is 3.40. The molecular formula is C17H18N10O5. The predicted molar refractivity (Wildman–Crippen MR) is 108 cm³/mol. The highest BCUT2D eigenvalue weighted by atomic mass is 16.6. The molecule has 1 aromatic carbocycles. The first-order chi connectivity index (χ1) is 15.5. The zero-order chi connectivity index (χ0) is 22.5. The average molecular weight is 442 g/mol. The molecular weight excluding hydrogens is 424 g/mol. The third kappa shape index (κ3) is 4.57. The summed E-state index contributed by atoms with van der Waals surface area (Å²) < 4.78 is 11.3. The van der Waals surface area contributed by atoms with Crippen LogP contribution in [0.15, 0.2) is 34.0 Å². The van der Waals surface area contributed by atoms with Gasteiger partial charge in [0.25, 0.3) is 11.6 Å². The van der Waals surface area contributed by atoms with Crippen molar-refractivity contribution in [2.75, 3.05) is 32.0 Å². The van der Waals surface area contributed by atoms with Crippen LogP contribution in [0.4, 0.5) is 11.5 Å². The standard InChI is InChI=1S/C17H18N10O5/c18-15-16(23-32-22-15)26-13(10-25-4-6-31-7-5-25)14(20-24-26)17(28)21-19-9-11-2-1-3-12(8-11)27(29)30/h1-3,8-9H,4-7,10H2,(H2,18,22)(H,21,28)/b19-9-. The number of carbonyl (C=O) groups is 1. The summed E-state index contributed by atoms with van der Waals surface area (Å²) in [6, 6.07) is 5.82. The van der Waals surface area contributed by atoms with Gasteiger partial charge >= 0.3 is 0 Å². The summed E-state index contributed by atoms with van der Waals surface area (Å²) >= 11 is 0. The van der Waals surface area contributed by atoms with Gasteiger partial charge in [0.1, 0.15) is 0 Å². The molecule has 3 aromatic rings. The minimum Gasteiger partial charge on any atom is -0.379 e. The van der Waals surface area contributed by atoms with Gasteiger partial charge in [-0.15, -0.1) is 5.10 Å². The molecule has 32 heavy (non-hydrogen) atoms. The Kier molecular flexibility index (Phi) is 6.09. The van der Waals surface area contributed by atoms with E-state index in [1.54, 1.807) is 6.07 Å². The maximum atomic E-state index is 12.8. The Morgan fingerprint density at radius 2 is 2.16 bits per heavy atom. The van der Waals surface area contributed by atoms with Gasteiger partial charge in [-0.3, -0.25) is 19.8 Å². The van der Waals surface area contributed by atoms with Gasteiger partial charge in [0.2, 0.25) is 11.6 Å². The second-order valence-corrected chi connectivity index (χ2v) is 6.71.